The number of hydrogen-bond acceptors (Lipinski definition) is 5. The minimum atomic E-state index is -0.516. The van der Waals surface area contributed by atoms with E-state index in [9.17, 15) is 9.18 Å². The van der Waals surface area contributed by atoms with Gasteiger partial charge in [0.15, 0.2) is 11.5 Å². The van der Waals surface area contributed by atoms with Gasteiger partial charge in [0.25, 0.3) is 0 Å². The molecular formula is C16H13BrFNO4. The van der Waals surface area contributed by atoms with Crippen LogP contribution in [0.3, 0.4) is 0 Å². The molecule has 0 saturated carbocycles. The van der Waals surface area contributed by atoms with Crippen LogP contribution in [0.2, 0.25) is 0 Å². The SMILES string of the molecule is COC(=O)c1ccc(F)c(NCc2cc3c(cc2Br)OCO3)c1. The van der Waals surface area contributed by atoms with Crippen LogP contribution < -0.4 is 14.8 Å². The van der Waals surface area contributed by atoms with E-state index in [1.54, 1.807) is 6.07 Å². The average Bonchev–Trinajstić information content (AvgIpc) is 3.00. The number of fused-ring (bicyclic) bond motifs is 1. The number of halogens is 2. The van der Waals surface area contributed by atoms with Crippen molar-refractivity contribution < 1.29 is 23.4 Å². The van der Waals surface area contributed by atoms with Crippen molar-refractivity contribution >= 4 is 27.6 Å². The molecule has 0 amide bonds. The van der Waals surface area contributed by atoms with E-state index < -0.39 is 11.8 Å². The van der Waals surface area contributed by atoms with Gasteiger partial charge in [0.05, 0.1) is 18.4 Å². The molecule has 2 aromatic rings. The molecule has 1 heterocycles. The number of methoxy groups -OCH3 is 1. The Bertz CT molecular complexity index is 766. The van der Waals surface area contributed by atoms with Gasteiger partial charge in [-0.15, -0.1) is 0 Å². The molecule has 0 bridgehead atoms. The predicted molar refractivity (Wildman–Crippen MR) is 85.3 cm³/mol. The lowest BCUT2D eigenvalue weighted by Crippen LogP contribution is -2.06. The molecule has 0 saturated heterocycles. The summed E-state index contributed by atoms with van der Waals surface area (Å²) >= 11 is 3.45. The van der Waals surface area contributed by atoms with Gasteiger partial charge < -0.3 is 19.5 Å². The normalized spacial score (nSPS) is 12.1. The number of esters is 1. The highest BCUT2D eigenvalue weighted by Crippen LogP contribution is 2.37. The average molecular weight is 382 g/mol. The molecule has 0 aliphatic carbocycles. The maximum atomic E-state index is 13.9. The molecule has 1 N–H and O–H groups in total. The third-order valence-electron chi connectivity index (χ3n) is 3.40. The maximum Gasteiger partial charge on any atom is 0.337 e. The van der Waals surface area contributed by atoms with Crippen molar-refractivity contribution in [2.24, 2.45) is 0 Å². The van der Waals surface area contributed by atoms with Crippen LogP contribution in [0.4, 0.5) is 10.1 Å². The zero-order valence-corrected chi connectivity index (χ0v) is 13.8. The summed E-state index contributed by atoms with van der Waals surface area (Å²) < 4.78 is 30.0. The summed E-state index contributed by atoms with van der Waals surface area (Å²) in [5.74, 6) is 0.347. The molecule has 23 heavy (non-hydrogen) atoms. The van der Waals surface area contributed by atoms with E-state index in [-0.39, 0.29) is 18.0 Å². The molecule has 0 radical (unpaired) electrons. The second-order valence-electron chi connectivity index (χ2n) is 4.84. The summed E-state index contributed by atoms with van der Waals surface area (Å²) in [6, 6.07) is 7.65. The number of hydrogen-bond donors (Lipinski definition) is 1. The molecule has 0 fully saturated rings. The lowest BCUT2D eigenvalue weighted by atomic mass is 10.1. The monoisotopic (exact) mass is 381 g/mol. The fourth-order valence-corrected chi connectivity index (χ4v) is 2.65. The zero-order chi connectivity index (χ0) is 16.4. The minimum absolute atomic E-state index is 0.189. The summed E-state index contributed by atoms with van der Waals surface area (Å²) in [4.78, 5) is 11.5. The molecule has 120 valence electrons. The van der Waals surface area contributed by atoms with Gasteiger partial charge >= 0.3 is 5.97 Å². The summed E-state index contributed by atoms with van der Waals surface area (Å²) in [5, 5.41) is 2.97. The quantitative estimate of drug-likeness (QED) is 0.818. The predicted octanol–water partition coefficient (Wildman–Crippen LogP) is 3.72. The first kappa shape index (κ1) is 15.6. The number of rotatable bonds is 4. The van der Waals surface area contributed by atoms with E-state index in [0.717, 1.165) is 10.0 Å². The van der Waals surface area contributed by atoms with Crippen molar-refractivity contribution in [2.75, 3.05) is 19.2 Å². The van der Waals surface area contributed by atoms with Gasteiger partial charge in [0.2, 0.25) is 6.79 Å². The summed E-state index contributed by atoms with van der Waals surface area (Å²) in [7, 11) is 1.28. The van der Waals surface area contributed by atoms with Crippen LogP contribution in [0, 0.1) is 5.82 Å². The third-order valence-corrected chi connectivity index (χ3v) is 4.14. The maximum absolute atomic E-state index is 13.9. The number of carbonyl (C=O) groups excluding carboxylic acids is 1. The van der Waals surface area contributed by atoms with Crippen molar-refractivity contribution in [3.8, 4) is 11.5 Å². The molecule has 3 rings (SSSR count). The van der Waals surface area contributed by atoms with Gasteiger partial charge in [-0.3, -0.25) is 0 Å². The van der Waals surface area contributed by atoms with Gasteiger partial charge in [-0.05, 0) is 35.9 Å². The van der Waals surface area contributed by atoms with E-state index in [0.29, 0.717) is 18.0 Å². The minimum Gasteiger partial charge on any atom is -0.465 e. The smallest absolute Gasteiger partial charge is 0.337 e. The van der Waals surface area contributed by atoms with Gasteiger partial charge in [0, 0.05) is 11.0 Å². The van der Waals surface area contributed by atoms with Crippen LogP contribution in [0.25, 0.3) is 0 Å². The van der Waals surface area contributed by atoms with Gasteiger partial charge in [-0.25, -0.2) is 9.18 Å². The third kappa shape index (κ3) is 3.24. The van der Waals surface area contributed by atoms with Crippen molar-refractivity contribution in [1.29, 1.82) is 0 Å². The van der Waals surface area contributed by atoms with Crippen molar-refractivity contribution in [3.05, 3.63) is 51.7 Å². The van der Waals surface area contributed by atoms with Gasteiger partial charge in [-0.2, -0.15) is 0 Å². The Kier molecular flexibility index (Phi) is 4.38. The van der Waals surface area contributed by atoms with E-state index in [2.05, 4.69) is 26.0 Å². The van der Waals surface area contributed by atoms with E-state index in [4.69, 9.17) is 9.47 Å². The molecule has 1 aliphatic heterocycles. The molecule has 1 aliphatic rings. The van der Waals surface area contributed by atoms with E-state index in [1.807, 2.05) is 6.07 Å². The first-order valence-corrected chi connectivity index (χ1v) is 7.57. The molecule has 0 spiro atoms. The topological polar surface area (TPSA) is 56.8 Å². The second-order valence-corrected chi connectivity index (χ2v) is 5.69. The summed E-state index contributed by atoms with van der Waals surface area (Å²) in [5.41, 5.74) is 1.37. The fraction of sp³-hybridized carbons (Fsp3) is 0.188. The molecule has 2 aromatic carbocycles. The summed E-state index contributed by atoms with van der Waals surface area (Å²) in [6.45, 7) is 0.535. The Balaban J connectivity index is 1.79. The lowest BCUT2D eigenvalue weighted by Gasteiger charge is -2.11. The molecule has 0 atom stereocenters. The molecular weight excluding hydrogens is 369 g/mol. The standard InChI is InChI=1S/C16H13BrFNO4/c1-21-16(20)9-2-3-12(18)13(4-9)19-7-10-5-14-15(6-11(10)17)23-8-22-14/h2-6,19H,7-8H2,1H3. The van der Waals surface area contributed by atoms with Crippen molar-refractivity contribution in [2.45, 2.75) is 6.54 Å². The van der Waals surface area contributed by atoms with Crippen LogP contribution in [0.5, 0.6) is 11.5 Å². The number of benzene rings is 2. The van der Waals surface area contributed by atoms with Gasteiger partial charge in [-0.1, -0.05) is 15.9 Å². The Morgan fingerprint density at radius 2 is 2.04 bits per heavy atom. The molecule has 0 unspecified atom stereocenters. The van der Waals surface area contributed by atoms with Crippen molar-refractivity contribution in [3.63, 3.8) is 0 Å². The number of nitrogens with one attached hydrogen (secondary N) is 1. The Morgan fingerprint density at radius 1 is 1.30 bits per heavy atom. The van der Waals surface area contributed by atoms with Crippen molar-refractivity contribution in [1.82, 2.24) is 0 Å². The lowest BCUT2D eigenvalue weighted by molar-refractivity contribution is 0.0600. The highest BCUT2D eigenvalue weighted by Gasteiger charge is 2.16. The second kappa shape index (κ2) is 6.45. The number of carbonyl (C=O) groups is 1. The molecule has 7 heteroatoms. The first-order chi connectivity index (χ1) is 11.1. The Hall–Kier alpha value is -2.28. The Labute approximate surface area is 140 Å². The van der Waals surface area contributed by atoms with Crippen LogP contribution in [0.1, 0.15) is 15.9 Å². The number of anilines is 1. The van der Waals surface area contributed by atoms with Crippen LogP contribution in [-0.2, 0) is 11.3 Å². The van der Waals surface area contributed by atoms with Crippen LogP contribution >= 0.6 is 15.9 Å². The zero-order valence-electron chi connectivity index (χ0n) is 12.2. The van der Waals surface area contributed by atoms with Crippen LogP contribution in [0.15, 0.2) is 34.8 Å². The molecule has 0 aromatic heterocycles. The summed E-state index contributed by atoms with van der Waals surface area (Å²) in [6.07, 6.45) is 0. The molecule has 5 nitrogen and oxygen atoms in total. The highest BCUT2D eigenvalue weighted by atomic mass is 79.9. The van der Waals surface area contributed by atoms with Crippen LogP contribution in [-0.4, -0.2) is 19.9 Å². The number of ether oxygens (including phenoxy) is 3. The Morgan fingerprint density at radius 3 is 2.78 bits per heavy atom. The van der Waals surface area contributed by atoms with Gasteiger partial charge in [0.1, 0.15) is 5.82 Å². The largest absolute Gasteiger partial charge is 0.465 e. The van der Waals surface area contributed by atoms with E-state index in [1.165, 1.54) is 25.3 Å². The highest BCUT2D eigenvalue weighted by molar-refractivity contribution is 9.10. The first-order valence-electron chi connectivity index (χ1n) is 6.78. The fourth-order valence-electron chi connectivity index (χ4n) is 2.19. The van der Waals surface area contributed by atoms with E-state index >= 15 is 0 Å².